The largest absolute Gasteiger partial charge is 0.264 e. The Labute approximate surface area is 78.4 Å². The highest BCUT2D eigenvalue weighted by Gasteiger charge is 1.89. The summed E-state index contributed by atoms with van der Waals surface area (Å²) in [5.41, 5.74) is 0. The minimum atomic E-state index is 0. The fourth-order valence-corrected chi connectivity index (χ4v) is 0.804. The third-order valence-electron chi connectivity index (χ3n) is 0.723. The van der Waals surface area contributed by atoms with Crippen LogP contribution in [0.15, 0.2) is 18.5 Å². The van der Waals surface area contributed by atoms with Crippen LogP contribution in [-0.2, 0) is 0 Å². The van der Waals surface area contributed by atoms with E-state index in [1.807, 2.05) is 0 Å². The van der Waals surface area contributed by atoms with Crippen LogP contribution >= 0.6 is 46.6 Å². The van der Waals surface area contributed by atoms with Gasteiger partial charge in [0.1, 0.15) is 0 Å². The summed E-state index contributed by atoms with van der Waals surface area (Å²) in [7, 11) is 0. The van der Waals surface area contributed by atoms with Gasteiger partial charge < -0.3 is 0 Å². The van der Waals surface area contributed by atoms with Gasteiger partial charge in [0.05, 0.1) is 5.02 Å². The molecule has 0 aliphatic heterocycles. The number of hydrogen-bond acceptors (Lipinski definition) is 1. The average Bonchev–Trinajstić information content (AvgIpc) is 1.77. The maximum atomic E-state index is 5.66. The molecule has 0 amide bonds. The summed E-state index contributed by atoms with van der Waals surface area (Å²) < 4.78 is 0.992. The Hall–Kier alpha value is 0.460. The molecule has 0 saturated carbocycles. The van der Waals surface area contributed by atoms with Gasteiger partial charge in [-0.15, -0.1) is 12.4 Å². The van der Waals surface area contributed by atoms with Crippen LogP contribution in [0.5, 0.6) is 0 Å². The van der Waals surface area contributed by atoms with E-state index in [0.29, 0.717) is 0 Å². The molecule has 50 valence electrons. The first-order valence-electron chi connectivity index (χ1n) is 2.06. The van der Waals surface area contributed by atoms with Crippen LogP contribution in [0.1, 0.15) is 0 Å². The van der Waals surface area contributed by atoms with Gasteiger partial charge in [-0.2, -0.15) is 0 Å². The molecule has 1 nitrogen and oxygen atoms in total. The third-order valence-corrected chi connectivity index (χ3v) is 2.23. The van der Waals surface area contributed by atoms with Crippen molar-refractivity contribution in [2.45, 2.75) is 0 Å². The highest BCUT2D eigenvalue weighted by Crippen LogP contribution is 2.14. The lowest BCUT2D eigenvalue weighted by Crippen LogP contribution is -1.73. The van der Waals surface area contributed by atoms with E-state index in [1.165, 1.54) is 0 Å². The normalized spacial score (nSPS) is 8.22. The van der Waals surface area contributed by atoms with Crippen LogP contribution in [0.4, 0.5) is 0 Å². The molecule has 0 aromatic carbocycles. The van der Waals surface area contributed by atoms with E-state index in [1.54, 1.807) is 18.5 Å². The molecule has 1 aromatic heterocycles. The van der Waals surface area contributed by atoms with E-state index in [-0.39, 0.29) is 12.4 Å². The standard InChI is InChI=1S/C5H3ClIN.ClH/c6-4-1-2-8-3-5(4)7;/h1-3H;1H. The second kappa shape index (κ2) is 4.30. The first-order chi connectivity index (χ1) is 3.80. The Morgan fingerprint density at radius 2 is 2.22 bits per heavy atom. The van der Waals surface area contributed by atoms with Gasteiger partial charge in [-0.3, -0.25) is 4.98 Å². The van der Waals surface area contributed by atoms with Crippen molar-refractivity contribution in [1.82, 2.24) is 4.98 Å². The van der Waals surface area contributed by atoms with Gasteiger partial charge in [0, 0.05) is 16.0 Å². The zero-order chi connectivity index (χ0) is 5.98. The van der Waals surface area contributed by atoms with Crippen LogP contribution in [-0.4, -0.2) is 4.98 Å². The average molecular weight is 276 g/mol. The second-order valence-corrected chi connectivity index (χ2v) is 2.86. The summed E-state index contributed by atoms with van der Waals surface area (Å²) >= 11 is 7.79. The predicted molar refractivity (Wildman–Crippen MR) is 49.2 cm³/mol. The topological polar surface area (TPSA) is 12.9 Å². The SMILES string of the molecule is Cl.Clc1ccncc1I. The minimum Gasteiger partial charge on any atom is -0.264 e. The summed E-state index contributed by atoms with van der Waals surface area (Å²) in [6, 6.07) is 1.77. The molecule has 0 N–H and O–H groups in total. The molecule has 0 radical (unpaired) electrons. The first-order valence-corrected chi connectivity index (χ1v) is 3.51. The van der Waals surface area contributed by atoms with Crippen LogP contribution in [0.2, 0.25) is 5.02 Å². The molecule has 0 atom stereocenters. The summed E-state index contributed by atoms with van der Waals surface area (Å²) in [6.07, 6.45) is 3.40. The Bertz CT molecular complexity index is 171. The Kier molecular flexibility index (Phi) is 4.52. The molecule has 1 heterocycles. The van der Waals surface area contributed by atoms with Crippen LogP contribution in [0.3, 0.4) is 0 Å². The van der Waals surface area contributed by atoms with Gasteiger partial charge in [-0.25, -0.2) is 0 Å². The monoisotopic (exact) mass is 275 g/mol. The lowest BCUT2D eigenvalue weighted by atomic mass is 10.5. The molecule has 0 unspecified atom stereocenters. The summed E-state index contributed by atoms with van der Waals surface area (Å²) in [5, 5.41) is 0.764. The molecule has 0 fully saturated rings. The highest BCUT2D eigenvalue weighted by atomic mass is 127. The molecule has 0 bridgehead atoms. The molecule has 0 aliphatic carbocycles. The fraction of sp³-hybridized carbons (Fsp3) is 0. The zero-order valence-electron chi connectivity index (χ0n) is 4.34. The van der Waals surface area contributed by atoms with Crippen molar-refractivity contribution in [3.63, 3.8) is 0 Å². The minimum absolute atomic E-state index is 0. The van der Waals surface area contributed by atoms with Gasteiger partial charge >= 0.3 is 0 Å². The van der Waals surface area contributed by atoms with E-state index in [0.717, 1.165) is 8.59 Å². The van der Waals surface area contributed by atoms with E-state index in [2.05, 4.69) is 27.6 Å². The predicted octanol–water partition coefficient (Wildman–Crippen LogP) is 2.76. The number of pyridine rings is 1. The molecule has 1 rings (SSSR count). The van der Waals surface area contributed by atoms with Crippen LogP contribution in [0.25, 0.3) is 0 Å². The molecule has 0 aliphatic rings. The second-order valence-electron chi connectivity index (χ2n) is 1.29. The summed E-state index contributed by atoms with van der Waals surface area (Å²) in [4.78, 5) is 3.85. The molecule has 1 aromatic rings. The van der Waals surface area contributed by atoms with Gasteiger partial charge in [-0.1, -0.05) is 11.6 Å². The van der Waals surface area contributed by atoms with Crippen molar-refractivity contribution < 1.29 is 0 Å². The highest BCUT2D eigenvalue weighted by molar-refractivity contribution is 14.1. The van der Waals surface area contributed by atoms with Crippen molar-refractivity contribution in [2.75, 3.05) is 0 Å². The van der Waals surface area contributed by atoms with Gasteiger partial charge in [0.25, 0.3) is 0 Å². The Morgan fingerprint density at radius 3 is 2.56 bits per heavy atom. The van der Waals surface area contributed by atoms with Gasteiger partial charge in [0.15, 0.2) is 0 Å². The molecular formula is C5H4Cl2IN. The van der Waals surface area contributed by atoms with E-state index < -0.39 is 0 Å². The molecular weight excluding hydrogens is 272 g/mol. The maximum absolute atomic E-state index is 5.66. The molecule has 4 heteroatoms. The third kappa shape index (κ3) is 2.69. The van der Waals surface area contributed by atoms with Gasteiger partial charge in [-0.05, 0) is 28.7 Å². The molecule has 9 heavy (non-hydrogen) atoms. The van der Waals surface area contributed by atoms with Crippen molar-refractivity contribution in [3.05, 3.63) is 27.1 Å². The van der Waals surface area contributed by atoms with Crippen LogP contribution in [0, 0.1) is 3.57 Å². The number of rotatable bonds is 0. The zero-order valence-corrected chi connectivity index (χ0v) is 8.07. The summed E-state index contributed by atoms with van der Waals surface area (Å²) in [6.45, 7) is 0. The number of nitrogens with zero attached hydrogens (tertiary/aromatic N) is 1. The van der Waals surface area contributed by atoms with E-state index in [4.69, 9.17) is 11.6 Å². The van der Waals surface area contributed by atoms with Crippen molar-refractivity contribution >= 4 is 46.6 Å². The number of hydrogen-bond donors (Lipinski definition) is 0. The Balaban J connectivity index is 0.000000640. The smallest absolute Gasteiger partial charge is 0.0570 e. The van der Waals surface area contributed by atoms with Gasteiger partial charge in [0.2, 0.25) is 0 Å². The number of aromatic nitrogens is 1. The maximum Gasteiger partial charge on any atom is 0.0570 e. The van der Waals surface area contributed by atoms with Crippen LogP contribution < -0.4 is 0 Å². The lowest BCUT2D eigenvalue weighted by Gasteiger charge is -1.88. The number of halogens is 3. The van der Waals surface area contributed by atoms with Crippen molar-refractivity contribution in [2.24, 2.45) is 0 Å². The van der Waals surface area contributed by atoms with E-state index in [9.17, 15) is 0 Å². The molecule has 0 saturated heterocycles. The lowest BCUT2D eigenvalue weighted by molar-refractivity contribution is 1.31. The van der Waals surface area contributed by atoms with Crippen molar-refractivity contribution in [3.8, 4) is 0 Å². The molecule has 0 spiro atoms. The fourth-order valence-electron chi connectivity index (χ4n) is 0.358. The van der Waals surface area contributed by atoms with Crippen molar-refractivity contribution in [1.29, 1.82) is 0 Å². The quantitative estimate of drug-likeness (QED) is 0.664. The first kappa shape index (κ1) is 9.46. The summed E-state index contributed by atoms with van der Waals surface area (Å²) in [5.74, 6) is 0. The van der Waals surface area contributed by atoms with E-state index >= 15 is 0 Å². The Morgan fingerprint density at radius 1 is 1.56 bits per heavy atom.